The van der Waals surface area contributed by atoms with Gasteiger partial charge in [0.15, 0.2) is 5.96 Å². The minimum atomic E-state index is -2.84. The third-order valence-electron chi connectivity index (χ3n) is 2.54. The first-order valence-electron chi connectivity index (χ1n) is 6.71. The lowest BCUT2D eigenvalue weighted by atomic mass is 10.2. The minimum Gasteiger partial charge on any atom is -0.434 e. The molecule has 0 aliphatic carbocycles. The van der Waals surface area contributed by atoms with E-state index in [9.17, 15) is 8.78 Å². The molecule has 5 nitrogen and oxygen atoms in total. The van der Waals surface area contributed by atoms with Gasteiger partial charge in [0, 0.05) is 25.8 Å². The molecule has 0 spiro atoms. The van der Waals surface area contributed by atoms with Gasteiger partial charge in [-0.05, 0) is 13.0 Å². The van der Waals surface area contributed by atoms with Crippen molar-refractivity contribution in [1.82, 2.24) is 10.6 Å². The van der Waals surface area contributed by atoms with Gasteiger partial charge in [-0.25, -0.2) is 4.99 Å². The molecule has 0 bridgehead atoms. The molecular formula is C14H21F2N3O2. The number of hydrogen-bond acceptors (Lipinski definition) is 3. The molecule has 0 aromatic heterocycles. The molecule has 118 valence electrons. The van der Waals surface area contributed by atoms with Crippen molar-refractivity contribution in [3.8, 4) is 5.75 Å². The maximum absolute atomic E-state index is 12.3. The Morgan fingerprint density at radius 2 is 2.05 bits per heavy atom. The van der Waals surface area contributed by atoms with Gasteiger partial charge in [-0.15, -0.1) is 0 Å². The highest BCUT2D eigenvalue weighted by molar-refractivity contribution is 5.79. The van der Waals surface area contributed by atoms with Crippen LogP contribution in [0.2, 0.25) is 0 Å². The fourth-order valence-corrected chi connectivity index (χ4v) is 1.62. The summed E-state index contributed by atoms with van der Waals surface area (Å²) in [7, 11) is 1.61. The van der Waals surface area contributed by atoms with Crippen LogP contribution in [0.15, 0.2) is 29.3 Å². The van der Waals surface area contributed by atoms with Crippen molar-refractivity contribution in [1.29, 1.82) is 0 Å². The first-order valence-corrected chi connectivity index (χ1v) is 6.71. The molecule has 0 radical (unpaired) electrons. The number of guanidine groups is 1. The molecule has 0 atom stereocenters. The van der Waals surface area contributed by atoms with Gasteiger partial charge in [-0.2, -0.15) is 8.78 Å². The summed E-state index contributed by atoms with van der Waals surface area (Å²) in [6, 6.07) is 6.61. The molecule has 21 heavy (non-hydrogen) atoms. The van der Waals surface area contributed by atoms with Crippen LogP contribution < -0.4 is 15.4 Å². The number of alkyl halides is 2. The molecule has 0 unspecified atom stereocenters. The maximum atomic E-state index is 12.3. The van der Waals surface area contributed by atoms with Crippen molar-refractivity contribution in [2.24, 2.45) is 4.99 Å². The second-order valence-corrected chi connectivity index (χ2v) is 4.10. The second-order valence-electron chi connectivity index (χ2n) is 4.10. The van der Waals surface area contributed by atoms with Crippen molar-refractivity contribution in [3.05, 3.63) is 29.8 Å². The zero-order valence-corrected chi connectivity index (χ0v) is 12.2. The quantitative estimate of drug-likeness (QED) is 0.438. The van der Waals surface area contributed by atoms with Gasteiger partial charge in [0.1, 0.15) is 5.75 Å². The van der Waals surface area contributed by atoms with Crippen molar-refractivity contribution < 1.29 is 18.3 Å². The van der Waals surface area contributed by atoms with E-state index in [2.05, 4.69) is 20.4 Å². The Labute approximate surface area is 123 Å². The van der Waals surface area contributed by atoms with Gasteiger partial charge in [0.05, 0.1) is 13.2 Å². The molecule has 1 aromatic carbocycles. The van der Waals surface area contributed by atoms with Crippen LogP contribution in [0.5, 0.6) is 5.75 Å². The average molecular weight is 301 g/mol. The molecule has 0 aliphatic rings. The Kier molecular flexibility index (Phi) is 8.11. The van der Waals surface area contributed by atoms with Crippen LogP contribution in [-0.4, -0.2) is 39.4 Å². The van der Waals surface area contributed by atoms with Gasteiger partial charge in [-0.1, -0.05) is 18.2 Å². The zero-order chi connectivity index (χ0) is 15.5. The van der Waals surface area contributed by atoms with E-state index < -0.39 is 6.61 Å². The van der Waals surface area contributed by atoms with E-state index in [0.717, 1.165) is 0 Å². The monoisotopic (exact) mass is 301 g/mol. The molecule has 2 N–H and O–H groups in total. The van der Waals surface area contributed by atoms with Crippen LogP contribution in [0.1, 0.15) is 12.5 Å². The summed E-state index contributed by atoms with van der Waals surface area (Å²) in [4.78, 5) is 4.34. The molecule has 0 saturated heterocycles. The second kappa shape index (κ2) is 9.93. The van der Waals surface area contributed by atoms with Crippen molar-refractivity contribution in [2.75, 3.05) is 26.8 Å². The average Bonchev–Trinajstić information content (AvgIpc) is 2.45. The largest absolute Gasteiger partial charge is 0.434 e. The Morgan fingerprint density at radius 1 is 1.29 bits per heavy atom. The Balaban J connectivity index is 2.70. The third kappa shape index (κ3) is 6.89. The molecule has 0 fully saturated rings. The number of nitrogens with zero attached hydrogens (tertiary/aromatic N) is 1. The van der Waals surface area contributed by atoms with Crippen molar-refractivity contribution >= 4 is 5.96 Å². The van der Waals surface area contributed by atoms with Crippen LogP contribution in [0.25, 0.3) is 0 Å². The standard InChI is InChI=1S/C14H21F2N3O2/c1-3-17-14(18-8-9-20-2)19-10-11-6-4-5-7-12(11)21-13(15)16/h4-7,13H,3,8-10H2,1-2H3,(H2,17,18,19). The molecule has 1 rings (SSSR count). The number of rotatable bonds is 8. The predicted molar refractivity (Wildman–Crippen MR) is 77.8 cm³/mol. The number of ether oxygens (including phenoxy) is 2. The van der Waals surface area contributed by atoms with Crippen molar-refractivity contribution in [3.63, 3.8) is 0 Å². The summed E-state index contributed by atoms with van der Waals surface area (Å²) in [5, 5.41) is 6.14. The number of halogens is 2. The van der Waals surface area contributed by atoms with Crippen LogP contribution >= 0.6 is 0 Å². The molecule has 0 aliphatic heterocycles. The SMILES string of the molecule is CCNC(=NCc1ccccc1OC(F)F)NCCOC. The number of methoxy groups -OCH3 is 1. The van der Waals surface area contributed by atoms with E-state index in [1.165, 1.54) is 6.07 Å². The van der Waals surface area contributed by atoms with Gasteiger partial charge in [-0.3, -0.25) is 0 Å². The van der Waals surface area contributed by atoms with E-state index in [1.54, 1.807) is 25.3 Å². The number of nitrogens with one attached hydrogen (secondary N) is 2. The highest BCUT2D eigenvalue weighted by Gasteiger charge is 2.08. The number of benzene rings is 1. The smallest absolute Gasteiger partial charge is 0.387 e. The molecule has 0 saturated carbocycles. The first-order chi connectivity index (χ1) is 10.2. The number of aliphatic imine (C=N–C) groups is 1. The van der Waals surface area contributed by atoms with Crippen LogP contribution in [-0.2, 0) is 11.3 Å². The Hall–Kier alpha value is -1.89. The van der Waals surface area contributed by atoms with E-state index in [-0.39, 0.29) is 12.3 Å². The van der Waals surface area contributed by atoms with E-state index in [0.29, 0.717) is 31.2 Å². The Bertz CT molecular complexity index is 442. The van der Waals surface area contributed by atoms with E-state index in [4.69, 9.17) is 4.74 Å². The molecule has 0 heterocycles. The van der Waals surface area contributed by atoms with E-state index in [1.807, 2.05) is 6.92 Å². The lowest BCUT2D eigenvalue weighted by Crippen LogP contribution is -2.38. The van der Waals surface area contributed by atoms with E-state index >= 15 is 0 Å². The summed E-state index contributed by atoms with van der Waals surface area (Å²) in [5.41, 5.74) is 0.599. The molecule has 0 amide bonds. The summed E-state index contributed by atoms with van der Waals surface area (Å²) < 4.78 is 34.1. The van der Waals surface area contributed by atoms with Crippen LogP contribution in [0.4, 0.5) is 8.78 Å². The van der Waals surface area contributed by atoms with Gasteiger partial charge >= 0.3 is 6.61 Å². The normalized spacial score (nSPS) is 11.6. The zero-order valence-electron chi connectivity index (χ0n) is 12.2. The van der Waals surface area contributed by atoms with Crippen LogP contribution in [0, 0.1) is 0 Å². The fraction of sp³-hybridized carbons (Fsp3) is 0.500. The predicted octanol–water partition coefficient (Wildman–Crippen LogP) is 1.99. The lowest BCUT2D eigenvalue weighted by molar-refractivity contribution is -0.0504. The molecule has 1 aromatic rings. The highest BCUT2D eigenvalue weighted by atomic mass is 19.3. The third-order valence-corrected chi connectivity index (χ3v) is 2.54. The fourth-order valence-electron chi connectivity index (χ4n) is 1.62. The van der Waals surface area contributed by atoms with Gasteiger partial charge in [0.2, 0.25) is 0 Å². The topological polar surface area (TPSA) is 54.9 Å². The van der Waals surface area contributed by atoms with Crippen molar-refractivity contribution in [2.45, 2.75) is 20.1 Å². The summed E-state index contributed by atoms with van der Waals surface area (Å²) in [6.45, 7) is 1.20. The Morgan fingerprint density at radius 3 is 2.71 bits per heavy atom. The summed E-state index contributed by atoms with van der Waals surface area (Å²) >= 11 is 0. The van der Waals surface area contributed by atoms with Gasteiger partial charge in [0.25, 0.3) is 0 Å². The minimum absolute atomic E-state index is 0.143. The molecular weight excluding hydrogens is 280 g/mol. The first kappa shape index (κ1) is 17.2. The highest BCUT2D eigenvalue weighted by Crippen LogP contribution is 2.20. The van der Waals surface area contributed by atoms with Crippen LogP contribution in [0.3, 0.4) is 0 Å². The maximum Gasteiger partial charge on any atom is 0.387 e. The number of para-hydroxylation sites is 1. The van der Waals surface area contributed by atoms with Gasteiger partial charge < -0.3 is 20.1 Å². The number of hydrogen-bond donors (Lipinski definition) is 2. The summed E-state index contributed by atoms with van der Waals surface area (Å²) in [5.74, 6) is 0.741. The summed E-state index contributed by atoms with van der Waals surface area (Å²) in [6.07, 6.45) is 0. The molecule has 7 heteroatoms. The lowest BCUT2D eigenvalue weighted by Gasteiger charge is -2.12.